The highest BCUT2D eigenvalue weighted by Crippen LogP contribution is 2.49. The Morgan fingerprint density at radius 1 is 0.778 bits per heavy atom. The van der Waals surface area contributed by atoms with Crippen molar-refractivity contribution in [2.24, 2.45) is 17.3 Å². The summed E-state index contributed by atoms with van der Waals surface area (Å²) in [5.41, 5.74) is 0.764. The van der Waals surface area contributed by atoms with E-state index in [-0.39, 0.29) is 0 Å². The van der Waals surface area contributed by atoms with Crippen LogP contribution in [0.1, 0.15) is 97.3 Å². The number of unbranched alkanes of at least 4 members (excludes halogenated alkanes) is 1. The van der Waals surface area contributed by atoms with Gasteiger partial charge in [-0.15, -0.1) is 0 Å². The summed E-state index contributed by atoms with van der Waals surface area (Å²) in [6.45, 7) is 4.74. The van der Waals surface area contributed by atoms with Crippen LogP contribution >= 0.6 is 0 Å². The Morgan fingerprint density at radius 3 is 1.94 bits per heavy atom. The van der Waals surface area contributed by atoms with Gasteiger partial charge in [0.1, 0.15) is 0 Å². The van der Waals surface area contributed by atoms with Crippen molar-refractivity contribution in [2.45, 2.75) is 97.3 Å². The summed E-state index contributed by atoms with van der Waals surface area (Å²) in [5.74, 6) is 2.23. The smallest absolute Gasteiger partial charge is 0.0297 e. The minimum atomic E-state index is 0.764. The molecule has 0 saturated heterocycles. The fourth-order valence-electron chi connectivity index (χ4n) is 4.86. The second kappa shape index (κ2) is 6.96. The van der Waals surface area contributed by atoms with Crippen molar-refractivity contribution < 1.29 is 0 Å². The Bertz CT molecular complexity index is 216. The van der Waals surface area contributed by atoms with Crippen LogP contribution in [0.15, 0.2) is 0 Å². The lowest BCUT2D eigenvalue weighted by Gasteiger charge is -2.42. The molecule has 0 aromatic rings. The standard InChI is InChI=1S/C18H34/c1-3-5-13-18(12-4-2)14-10-17(11-15-18)16-8-6-7-9-16/h16-17H,3-15H2,1-2H3. The quantitative estimate of drug-likeness (QED) is 0.515. The van der Waals surface area contributed by atoms with E-state index in [1.165, 1.54) is 44.9 Å². The van der Waals surface area contributed by atoms with E-state index >= 15 is 0 Å². The summed E-state index contributed by atoms with van der Waals surface area (Å²) in [6, 6.07) is 0. The molecule has 0 unspecified atom stereocenters. The van der Waals surface area contributed by atoms with Crippen molar-refractivity contribution in [3.05, 3.63) is 0 Å². The molecule has 18 heavy (non-hydrogen) atoms. The first-order valence-corrected chi connectivity index (χ1v) is 8.79. The fraction of sp³-hybridized carbons (Fsp3) is 1.00. The van der Waals surface area contributed by atoms with E-state index in [4.69, 9.17) is 0 Å². The first-order chi connectivity index (χ1) is 8.79. The van der Waals surface area contributed by atoms with Crippen LogP contribution in [0.4, 0.5) is 0 Å². The van der Waals surface area contributed by atoms with Gasteiger partial charge in [-0.05, 0) is 55.8 Å². The molecule has 2 saturated carbocycles. The van der Waals surface area contributed by atoms with E-state index in [2.05, 4.69) is 13.8 Å². The predicted octanol–water partition coefficient (Wildman–Crippen LogP) is 6.34. The molecule has 2 aliphatic carbocycles. The Hall–Kier alpha value is 0. The molecule has 0 N–H and O–H groups in total. The number of hydrogen-bond donors (Lipinski definition) is 0. The van der Waals surface area contributed by atoms with Crippen LogP contribution in [0.5, 0.6) is 0 Å². The van der Waals surface area contributed by atoms with Crippen molar-refractivity contribution in [2.75, 3.05) is 0 Å². The van der Waals surface area contributed by atoms with Crippen molar-refractivity contribution in [3.8, 4) is 0 Å². The summed E-state index contributed by atoms with van der Waals surface area (Å²) in [5, 5.41) is 0. The molecular formula is C18H34. The zero-order valence-electron chi connectivity index (χ0n) is 12.8. The molecule has 0 radical (unpaired) electrons. The molecule has 0 aromatic carbocycles. The summed E-state index contributed by atoms with van der Waals surface area (Å²) < 4.78 is 0. The van der Waals surface area contributed by atoms with E-state index in [9.17, 15) is 0 Å². The van der Waals surface area contributed by atoms with Crippen LogP contribution in [0.2, 0.25) is 0 Å². The molecular weight excluding hydrogens is 216 g/mol. The van der Waals surface area contributed by atoms with E-state index in [0.29, 0.717) is 0 Å². The zero-order chi connectivity index (χ0) is 12.8. The molecule has 0 heteroatoms. The Labute approximate surface area is 115 Å². The van der Waals surface area contributed by atoms with E-state index in [1.54, 1.807) is 38.5 Å². The molecule has 0 heterocycles. The molecule has 0 amide bonds. The summed E-state index contributed by atoms with van der Waals surface area (Å²) in [4.78, 5) is 0. The van der Waals surface area contributed by atoms with Gasteiger partial charge in [-0.2, -0.15) is 0 Å². The van der Waals surface area contributed by atoms with Gasteiger partial charge in [-0.25, -0.2) is 0 Å². The number of hydrogen-bond acceptors (Lipinski definition) is 0. The molecule has 106 valence electrons. The van der Waals surface area contributed by atoms with E-state index < -0.39 is 0 Å². The molecule has 0 aliphatic heterocycles. The highest BCUT2D eigenvalue weighted by Gasteiger charge is 2.36. The van der Waals surface area contributed by atoms with E-state index in [1.807, 2.05) is 0 Å². The van der Waals surface area contributed by atoms with Crippen LogP contribution in [0.3, 0.4) is 0 Å². The Kier molecular flexibility index (Phi) is 5.57. The molecule has 0 atom stereocenters. The molecule has 2 aliphatic rings. The molecule has 0 nitrogen and oxygen atoms in total. The van der Waals surface area contributed by atoms with Crippen molar-refractivity contribution >= 4 is 0 Å². The largest absolute Gasteiger partial charge is 0.0654 e. The second-order valence-electron chi connectivity index (χ2n) is 7.24. The molecule has 0 bridgehead atoms. The van der Waals surface area contributed by atoms with E-state index in [0.717, 1.165) is 17.3 Å². The molecule has 2 fully saturated rings. The van der Waals surface area contributed by atoms with Gasteiger partial charge < -0.3 is 0 Å². The summed E-state index contributed by atoms with van der Waals surface area (Å²) >= 11 is 0. The second-order valence-corrected chi connectivity index (χ2v) is 7.24. The van der Waals surface area contributed by atoms with Crippen molar-refractivity contribution in [1.82, 2.24) is 0 Å². The first-order valence-electron chi connectivity index (χ1n) is 8.79. The van der Waals surface area contributed by atoms with Gasteiger partial charge in [-0.3, -0.25) is 0 Å². The number of rotatable bonds is 6. The van der Waals surface area contributed by atoms with Gasteiger partial charge >= 0.3 is 0 Å². The monoisotopic (exact) mass is 250 g/mol. The lowest BCUT2D eigenvalue weighted by molar-refractivity contribution is 0.0956. The van der Waals surface area contributed by atoms with Crippen LogP contribution in [0.25, 0.3) is 0 Å². The zero-order valence-corrected chi connectivity index (χ0v) is 12.8. The van der Waals surface area contributed by atoms with Gasteiger partial charge in [0, 0.05) is 0 Å². The average molecular weight is 250 g/mol. The van der Waals surface area contributed by atoms with Crippen LogP contribution in [-0.2, 0) is 0 Å². The topological polar surface area (TPSA) is 0 Å². The third-order valence-corrected chi connectivity index (χ3v) is 6.00. The highest BCUT2D eigenvalue weighted by molar-refractivity contribution is 4.88. The maximum Gasteiger partial charge on any atom is -0.0297 e. The maximum atomic E-state index is 2.39. The van der Waals surface area contributed by atoms with Gasteiger partial charge in [0.25, 0.3) is 0 Å². The Morgan fingerprint density at radius 2 is 1.39 bits per heavy atom. The third kappa shape index (κ3) is 3.52. The predicted molar refractivity (Wildman–Crippen MR) is 80.8 cm³/mol. The Balaban J connectivity index is 1.84. The van der Waals surface area contributed by atoms with Crippen LogP contribution < -0.4 is 0 Å². The van der Waals surface area contributed by atoms with Gasteiger partial charge in [-0.1, -0.05) is 58.8 Å². The highest BCUT2D eigenvalue weighted by atomic mass is 14.4. The molecule has 0 aromatic heterocycles. The minimum Gasteiger partial charge on any atom is -0.0654 e. The minimum absolute atomic E-state index is 0.764. The molecule has 2 rings (SSSR count). The average Bonchev–Trinajstić information content (AvgIpc) is 2.92. The normalized spacial score (nSPS) is 34.0. The maximum absolute atomic E-state index is 2.39. The summed E-state index contributed by atoms with van der Waals surface area (Å²) in [6.07, 6.45) is 19.7. The van der Waals surface area contributed by atoms with Gasteiger partial charge in [0.15, 0.2) is 0 Å². The lowest BCUT2D eigenvalue weighted by atomic mass is 9.63. The SMILES string of the molecule is CCCCC1(CCC)CCC(C2CCCC2)CC1. The van der Waals surface area contributed by atoms with Gasteiger partial charge in [0.2, 0.25) is 0 Å². The van der Waals surface area contributed by atoms with Crippen LogP contribution in [0, 0.1) is 17.3 Å². The van der Waals surface area contributed by atoms with Crippen molar-refractivity contribution in [3.63, 3.8) is 0 Å². The lowest BCUT2D eigenvalue weighted by Crippen LogP contribution is -2.30. The van der Waals surface area contributed by atoms with Crippen LogP contribution in [-0.4, -0.2) is 0 Å². The fourth-order valence-corrected chi connectivity index (χ4v) is 4.86. The summed E-state index contributed by atoms with van der Waals surface area (Å²) in [7, 11) is 0. The van der Waals surface area contributed by atoms with Crippen molar-refractivity contribution in [1.29, 1.82) is 0 Å². The molecule has 0 spiro atoms. The first kappa shape index (κ1) is 14.4. The third-order valence-electron chi connectivity index (χ3n) is 6.00. The van der Waals surface area contributed by atoms with Gasteiger partial charge in [0.05, 0.1) is 0 Å².